The van der Waals surface area contributed by atoms with E-state index in [1.54, 1.807) is 0 Å². The Morgan fingerprint density at radius 2 is 1.95 bits per heavy atom. The molecule has 1 heterocycles. The van der Waals surface area contributed by atoms with Gasteiger partial charge in [0.2, 0.25) is 0 Å². The molecule has 0 amide bonds. The minimum absolute atomic E-state index is 0.00721. The number of fused-ring (bicyclic) bond motifs is 1. The fourth-order valence-corrected chi connectivity index (χ4v) is 2.24. The molecule has 0 spiro atoms. The molecule has 0 saturated heterocycles. The highest BCUT2D eigenvalue weighted by atomic mass is 35.5. The van der Waals surface area contributed by atoms with Gasteiger partial charge < -0.3 is 5.11 Å². The zero-order chi connectivity index (χ0) is 13.6. The maximum Gasteiger partial charge on any atom is 0.142 e. The molecule has 2 nitrogen and oxygen atoms in total. The SMILES string of the molecule is Oc1ccc(F)cc1C1=Nc2cc(Cl)c(F)cc2C1. The lowest BCUT2D eigenvalue weighted by atomic mass is 10.0. The number of benzene rings is 2. The van der Waals surface area contributed by atoms with E-state index < -0.39 is 11.6 Å². The van der Waals surface area contributed by atoms with Crippen molar-refractivity contribution in [1.29, 1.82) is 0 Å². The Bertz CT molecular complexity index is 713. The minimum Gasteiger partial charge on any atom is -0.507 e. The summed E-state index contributed by atoms with van der Waals surface area (Å²) in [6, 6.07) is 6.37. The van der Waals surface area contributed by atoms with E-state index in [4.69, 9.17) is 11.6 Å². The quantitative estimate of drug-likeness (QED) is 0.841. The Kier molecular flexibility index (Phi) is 2.75. The van der Waals surface area contributed by atoms with Crippen molar-refractivity contribution in [2.75, 3.05) is 0 Å². The van der Waals surface area contributed by atoms with Gasteiger partial charge in [-0.1, -0.05) is 11.6 Å². The molecule has 2 aromatic rings. The van der Waals surface area contributed by atoms with Gasteiger partial charge in [0.25, 0.3) is 0 Å². The van der Waals surface area contributed by atoms with Crippen molar-refractivity contribution in [3.63, 3.8) is 0 Å². The summed E-state index contributed by atoms with van der Waals surface area (Å²) in [6.45, 7) is 0. The minimum atomic E-state index is -0.514. The van der Waals surface area contributed by atoms with Gasteiger partial charge in [-0.15, -0.1) is 0 Å². The third kappa shape index (κ3) is 2.08. The molecule has 0 unspecified atom stereocenters. The average molecular weight is 280 g/mol. The van der Waals surface area contributed by atoms with Crippen LogP contribution in [0.1, 0.15) is 11.1 Å². The molecular formula is C14H8ClF2NO. The lowest BCUT2D eigenvalue weighted by molar-refractivity contribution is 0.472. The standard InChI is InChI=1S/C14H8ClF2NO/c15-10-6-12-7(3-11(10)17)4-13(18-12)9-5-8(16)1-2-14(9)19/h1-3,5-6,19H,4H2. The first kappa shape index (κ1) is 12.1. The molecule has 0 fully saturated rings. The lowest BCUT2D eigenvalue weighted by Crippen LogP contribution is -2.01. The predicted octanol–water partition coefficient (Wildman–Crippen LogP) is 4.00. The summed E-state index contributed by atoms with van der Waals surface area (Å²) in [4.78, 5) is 4.26. The van der Waals surface area contributed by atoms with Gasteiger partial charge in [-0.2, -0.15) is 0 Å². The second-order valence-electron chi connectivity index (χ2n) is 4.29. The Morgan fingerprint density at radius 1 is 1.16 bits per heavy atom. The largest absolute Gasteiger partial charge is 0.507 e. The van der Waals surface area contributed by atoms with E-state index in [1.807, 2.05) is 0 Å². The summed E-state index contributed by atoms with van der Waals surface area (Å²) in [5.41, 5.74) is 2.02. The van der Waals surface area contributed by atoms with Gasteiger partial charge in [0.05, 0.1) is 16.4 Å². The van der Waals surface area contributed by atoms with E-state index in [0.717, 1.165) is 6.07 Å². The zero-order valence-corrected chi connectivity index (χ0v) is 10.4. The van der Waals surface area contributed by atoms with Crippen LogP contribution in [0.2, 0.25) is 5.02 Å². The lowest BCUT2D eigenvalue weighted by Gasteiger charge is -2.03. The number of hydrogen-bond donors (Lipinski definition) is 1. The van der Waals surface area contributed by atoms with Crippen LogP contribution in [0.4, 0.5) is 14.5 Å². The monoisotopic (exact) mass is 279 g/mol. The molecule has 2 aromatic carbocycles. The molecular weight excluding hydrogens is 272 g/mol. The highest BCUT2D eigenvalue weighted by Gasteiger charge is 2.20. The zero-order valence-electron chi connectivity index (χ0n) is 9.62. The van der Waals surface area contributed by atoms with E-state index in [-0.39, 0.29) is 10.8 Å². The van der Waals surface area contributed by atoms with Crippen molar-refractivity contribution in [1.82, 2.24) is 0 Å². The topological polar surface area (TPSA) is 32.6 Å². The van der Waals surface area contributed by atoms with Gasteiger partial charge in [0.15, 0.2) is 0 Å². The number of halogens is 3. The predicted molar refractivity (Wildman–Crippen MR) is 69.4 cm³/mol. The summed E-state index contributed by atoms with van der Waals surface area (Å²) in [6.07, 6.45) is 0.334. The third-order valence-electron chi connectivity index (χ3n) is 3.00. The molecule has 0 radical (unpaired) electrons. The molecule has 1 N–H and O–H groups in total. The second kappa shape index (κ2) is 4.31. The van der Waals surface area contributed by atoms with E-state index >= 15 is 0 Å². The van der Waals surface area contributed by atoms with E-state index in [2.05, 4.69) is 4.99 Å². The summed E-state index contributed by atoms with van der Waals surface area (Å²) in [5, 5.41) is 9.73. The average Bonchev–Trinajstić information content (AvgIpc) is 2.75. The number of hydrogen-bond acceptors (Lipinski definition) is 2. The van der Waals surface area contributed by atoms with Gasteiger partial charge in [-0.05, 0) is 35.9 Å². The molecule has 0 aromatic heterocycles. The molecule has 0 bridgehead atoms. The molecule has 19 heavy (non-hydrogen) atoms. The van der Waals surface area contributed by atoms with Gasteiger partial charge >= 0.3 is 0 Å². The highest BCUT2D eigenvalue weighted by molar-refractivity contribution is 6.31. The number of rotatable bonds is 1. The smallest absolute Gasteiger partial charge is 0.142 e. The van der Waals surface area contributed by atoms with Crippen molar-refractivity contribution in [2.24, 2.45) is 4.99 Å². The fourth-order valence-electron chi connectivity index (χ4n) is 2.08. The van der Waals surface area contributed by atoms with Crippen molar-refractivity contribution in [2.45, 2.75) is 6.42 Å². The first-order chi connectivity index (χ1) is 9.04. The third-order valence-corrected chi connectivity index (χ3v) is 3.29. The van der Waals surface area contributed by atoms with E-state index in [0.29, 0.717) is 28.9 Å². The molecule has 3 rings (SSSR count). The van der Waals surface area contributed by atoms with Crippen LogP contribution in [0.15, 0.2) is 35.3 Å². The van der Waals surface area contributed by atoms with Crippen LogP contribution < -0.4 is 0 Å². The Hall–Kier alpha value is -1.94. The Labute approximate surface area is 113 Å². The van der Waals surface area contributed by atoms with E-state index in [1.165, 1.54) is 24.3 Å². The molecule has 0 saturated carbocycles. The number of phenolic OH excluding ortho intramolecular Hbond substituents is 1. The van der Waals surface area contributed by atoms with Crippen LogP contribution in [-0.2, 0) is 6.42 Å². The van der Waals surface area contributed by atoms with Gasteiger partial charge in [0.1, 0.15) is 17.4 Å². The fraction of sp³-hybridized carbons (Fsp3) is 0.0714. The first-order valence-electron chi connectivity index (χ1n) is 5.59. The van der Waals surface area contributed by atoms with Crippen molar-refractivity contribution in [3.8, 4) is 5.75 Å². The Morgan fingerprint density at radius 3 is 2.74 bits per heavy atom. The first-order valence-corrected chi connectivity index (χ1v) is 5.97. The van der Waals surface area contributed by atoms with Crippen LogP contribution in [0.25, 0.3) is 0 Å². The summed E-state index contributed by atoms with van der Waals surface area (Å²) in [5.74, 6) is -1.03. The number of aliphatic imine (C=N–C) groups is 1. The van der Waals surface area contributed by atoms with Gasteiger partial charge in [-0.3, -0.25) is 4.99 Å². The van der Waals surface area contributed by atoms with Crippen LogP contribution in [0.3, 0.4) is 0 Å². The van der Waals surface area contributed by atoms with Crippen molar-refractivity contribution < 1.29 is 13.9 Å². The van der Waals surface area contributed by atoms with Crippen LogP contribution >= 0.6 is 11.6 Å². The highest BCUT2D eigenvalue weighted by Crippen LogP contribution is 2.34. The summed E-state index contributed by atoms with van der Waals surface area (Å²) >= 11 is 5.69. The van der Waals surface area contributed by atoms with Crippen LogP contribution in [0.5, 0.6) is 5.75 Å². The molecule has 96 valence electrons. The van der Waals surface area contributed by atoms with E-state index in [9.17, 15) is 13.9 Å². The number of aromatic hydroxyl groups is 1. The number of nitrogens with zero attached hydrogens (tertiary/aromatic N) is 1. The van der Waals surface area contributed by atoms with Crippen LogP contribution in [-0.4, -0.2) is 10.8 Å². The molecule has 0 aliphatic carbocycles. The normalized spacial score (nSPS) is 13.3. The molecule has 0 atom stereocenters. The van der Waals surface area contributed by atoms with Crippen molar-refractivity contribution in [3.05, 3.63) is 58.1 Å². The summed E-state index contributed by atoms with van der Waals surface area (Å²) < 4.78 is 26.6. The second-order valence-corrected chi connectivity index (χ2v) is 4.70. The van der Waals surface area contributed by atoms with Gasteiger partial charge in [-0.25, -0.2) is 8.78 Å². The molecule has 5 heteroatoms. The van der Waals surface area contributed by atoms with Crippen LogP contribution in [0, 0.1) is 11.6 Å². The summed E-state index contributed by atoms with van der Waals surface area (Å²) in [7, 11) is 0. The van der Waals surface area contributed by atoms with Gasteiger partial charge in [0, 0.05) is 12.0 Å². The molecule has 1 aliphatic rings. The maximum atomic E-state index is 13.4. The Balaban J connectivity index is 2.07. The number of phenols is 1. The molecule has 1 aliphatic heterocycles. The van der Waals surface area contributed by atoms with Crippen molar-refractivity contribution >= 4 is 23.0 Å². The maximum absolute atomic E-state index is 13.4.